The number of carbonyl (C=O) groups excluding carboxylic acids is 3. The smallest absolute Gasteiger partial charge is 0.223 e. The lowest BCUT2D eigenvalue weighted by molar-refractivity contribution is -0.117. The molecule has 0 radical (unpaired) electrons. The van der Waals surface area contributed by atoms with E-state index in [9.17, 15) is 14.4 Å². The monoisotopic (exact) mass is 565 g/mol. The second kappa shape index (κ2) is 14.4. The van der Waals surface area contributed by atoms with Gasteiger partial charge in [0.2, 0.25) is 11.8 Å². The Kier molecular flexibility index (Phi) is 10.7. The van der Waals surface area contributed by atoms with Crippen LogP contribution in [0.4, 0.5) is 11.4 Å². The van der Waals surface area contributed by atoms with Crippen LogP contribution in [0.2, 0.25) is 0 Å². The zero-order valence-corrected chi connectivity index (χ0v) is 24.8. The third kappa shape index (κ3) is 7.67. The van der Waals surface area contributed by atoms with E-state index in [4.69, 9.17) is 5.26 Å². The number of aromatic nitrogens is 3. The van der Waals surface area contributed by atoms with Gasteiger partial charge in [-0.1, -0.05) is 24.3 Å². The lowest BCUT2D eigenvalue weighted by Gasteiger charge is -2.19. The SMILES string of the molecule is CCN(C(C)=O)c1cccc(-c2ccn3ncc(C#N)c3n2)c1.CCN(C(C)=O)c1cccc(C(=O)C=CN(C)C)c1. The summed E-state index contributed by atoms with van der Waals surface area (Å²) >= 11 is 0. The van der Waals surface area contributed by atoms with E-state index in [0.717, 1.165) is 22.6 Å². The summed E-state index contributed by atoms with van der Waals surface area (Å²) in [6.07, 6.45) is 6.49. The van der Waals surface area contributed by atoms with Crippen LogP contribution in [0, 0.1) is 11.3 Å². The van der Waals surface area contributed by atoms with E-state index in [-0.39, 0.29) is 17.6 Å². The summed E-state index contributed by atoms with van der Waals surface area (Å²) in [4.78, 5) is 44.8. The maximum Gasteiger partial charge on any atom is 0.223 e. The van der Waals surface area contributed by atoms with Gasteiger partial charge in [-0.05, 0) is 44.2 Å². The standard InChI is InChI=1S/C17H15N5O.C15H20N2O2/c1-3-21(12(2)23)15-6-4-5-13(9-15)16-7-8-22-17(20-16)14(10-18)11-19-22;1-5-17(12(2)18)14-8-6-7-13(11-14)15(19)9-10-16(3)4/h4-9,11H,3H2,1-2H3;6-11H,5H2,1-4H3. The van der Waals surface area contributed by atoms with Gasteiger partial charge in [0.1, 0.15) is 11.6 Å². The highest BCUT2D eigenvalue weighted by Gasteiger charge is 2.13. The zero-order valence-electron chi connectivity index (χ0n) is 24.8. The molecule has 42 heavy (non-hydrogen) atoms. The van der Waals surface area contributed by atoms with Crippen molar-refractivity contribution < 1.29 is 14.4 Å². The number of carbonyl (C=O) groups is 3. The molecule has 2 aromatic carbocycles. The summed E-state index contributed by atoms with van der Waals surface area (Å²) in [6, 6.07) is 18.7. The minimum absolute atomic E-state index is 0.00406. The van der Waals surface area contributed by atoms with E-state index in [0.29, 0.717) is 29.9 Å². The van der Waals surface area contributed by atoms with Gasteiger partial charge in [-0.3, -0.25) is 14.4 Å². The average molecular weight is 566 g/mol. The van der Waals surface area contributed by atoms with E-state index in [1.165, 1.54) is 19.2 Å². The number of ketones is 1. The summed E-state index contributed by atoms with van der Waals surface area (Å²) in [5.74, 6) is -0.110. The van der Waals surface area contributed by atoms with Crippen molar-refractivity contribution in [3.63, 3.8) is 0 Å². The molecular formula is C32H35N7O3. The number of allylic oxidation sites excluding steroid dienone is 1. The lowest BCUT2D eigenvalue weighted by atomic mass is 10.1. The molecule has 0 atom stereocenters. The van der Waals surface area contributed by atoms with Gasteiger partial charge >= 0.3 is 0 Å². The molecule has 0 saturated carbocycles. The van der Waals surface area contributed by atoms with Gasteiger partial charge in [-0.25, -0.2) is 9.50 Å². The van der Waals surface area contributed by atoms with Crippen molar-refractivity contribution in [3.05, 3.63) is 90.4 Å². The molecule has 0 saturated heterocycles. The second-order valence-electron chi connectivity index (χ2n) is 9.52. The highest BCUT2D eigenvalue weighted by atomic mass is 16.2. The number of rotatable bonds is 8. The van der Waals surface area contributed by atoms with Crippen LogP contribution in [0.1, 0.15) is 43.6 Å². The fraction of sp³-hybridized carbons (Fsp3) is 0.250. The van der Waals surface area contributed by atoms with Crippen molar-refractivity contribution in [1.82, 2.24) is 19.5 Å². The summed E-state index contributed by atoms with van der Waals surface area (Å²) in [7, 11) is 3.71. The minimum Gasteiger partial charge on any atom is -0.383 e. The van der Waals surface area contributed by atoms with Crippen molar-refractivity contribution in [3.8, 4) is 17.3 Å². The third-order valence-corrected chi connectivity index (χ3v) is 6.30. The number of fused-ring (bicyclic) bond motifs is 1. The van der Waals surface area contributed by atoms with Crippen LogP contribution in [0.3, 0.4) is 0 Å². The number of nitriles is 1. The van der Waals surface area contributed by atoms with Crippen LogP contribution < -0.4 is 9.80 Å². The zero-order chi connectivity index (χ0) is 30.8. The highest BCUT2D eigenvalue weighted by molar-refractivity contribution is 6.05. The molecule has 2 amide bonds. The second-order valence-corrected chi connectivity index (χ2v) is 9.52. The fourth-order valence-corrected chi connectivity index (χ4v) is 4.26. The van der Waals surface area contributed by atoms with Crippen LogP contribution in [0.5, 0.6) is 0 Å². The first-order chi connectivity index (χ1) is 20.1. The Labute approximate surface area is 246 Å². The quantitative estimate of drug-likeness (QED) is 0.219. The third-order valence-electron chi connectivity index (χ3n) is 6.30. The van der Waals surface area contributed by atoms with E-state index < -0.39 is 0 Å². The van der Waals surface area contributed by atoms with Gasteiger partial charge in [-0.2, -0.15) is 10.4 Å². The first-order valence-corrected chi connectivity index (χ1v) is 13.5. The van der Waals surface area contributed by atoms with Crippen LogP contribution >= 0.6 is 0 Å². The molecular weight excluding hydrogens is 530 g/mol. The first kappa shape index (κ1) is 31.2. The Morgan fingerprint density at radius 2 is 1.55 bits per heavy atom. The van der Waals surface area contributed by atoms with Gasteiger partial charge in [0, 0.05) is 82.0 Å². The molecule has 0 spiro atoms. The van der Waals surface area contributed by atoms with Crippen LogP contribution in [-0.4, -0.2) is 64.3 Å². The molecule has 216 valence electrons. The molecule has 4 aromatic rings. The molecule has 0 N–H and O–H groups in total. The van der Waals surface area contributed by atoms with Gasteiger partial charge in [0.05, 0.1) is 11.9 Å². The molecule has 10 heteroatoms. The molecule has 2 aromatic heterocycles. The number of anilines is 2. The summed E-state index contributed by atoms with van der Waals surface area (Å²) in [5.41, 5.74) is 4.73. The molecule has 2 heterocycles. The molecule has 4 rings (SSSR count). The maximum absolute atomic E-state index is 12.0. The molecule has 0 unspecified atom stereocenters. The van der Waals surface area contributed by atoms with Gasteiger partial charge < -0.3 is 14.7 Å². The number of hydrogen-bond acceptors (Lipinski definition) is 7. The molecule has 0 aliphatic carbocycles. The Morgan fingerprint density at radius 3 is 2.12 bits per heavy atom. The van der Waals surface area contributed by atoms with Gasteiger partial charge in [0.25, 0.3) is 0 Å². The maximum atomic E-state index is 12.0. The normalized spacial score (nSPS) is 10.5. The molecule has 0 aliphatic rings. The Balaban J connectivity index is 0.000000236. The van der Waals surface area contributed by atoms with Crippen molar-refractivity contribution >= 4 is 34.6 Å². The summed E-state index contributed by atoms with van der Waals surface area (Å²) in [6.45, 7) is 8.09. The van der Waals surface area contributed by atoms with E-state index in [2.05, 4.69) is 16.2 Å². The summed E-state index contributed by atoms with van der Waals surface area (Å²) < 4.78 is 1.57. The van der Waals surface area contributed by atoms with Crippen molar-refractivity contribution in [2.75, 3.05) is 37.0 Å². The number of amides is 2. The topological polar surface area (TPSA) is 115 Å². The van der Waals surface area contributed by atoms with Crippen LogP contribution in [-0.2, 0) is 9.59 Å². The Hall–Kier alpha value is -5.30. The average Bonchev–Trinajstić information content (AvgIpc) is 3.39. The fourth-order valence-electron chi connectivity index (χ4n) is 4.26. The van der Waals surface area contributed by atoms with Gasteiger partial charge in [-0.15, -0.1) is 0 Å². The predicted molar refractivity (Wildman–Crippen MR) is 164 cm³/mol. The predicted octanol–water partition coefficient (Wildman–Crippen LogP) is 4.96. The van der Waals surface area contributed by atoms with Gasteiger partial charge in [0.15, 0.2) is 11.4 Å². The Morgan fingerprint density at radius 1 is 0.929 bits per heavy atom. The number of nitrogens with zero attached hydrogens (tertiary/aromatic N) is 7. The molecule has 0 fully saturated rings. The van der Waals surface area contributed by atoms with E-state index in [1.807, 2.05) is 64.3 Å². The minimum atomic E-state index is -0.0739. The number of hydrogen-bond donors (Lipinski definition) is 0. The molecule has 10 nitrogen and oxygen atoms in total. The highest BCUT2D eigenvalue weighted by Crippen LogP contribution is 2.24. The Bertz CT molecular complexity index is 1650. The van der Waals surface area contributed by atoms with E-state index >= 15 is 0 Å². The van der Waals surface area contributed by atoms with Crippen molar-refractivity contribution in [1.29, 1.82) is 5.26 Å². The lowest BCUT2D eigenvalue weighted by Crippen LogP contribution is -2.27. The largest absolute Gasteiger partial charge is 0.383 e. The van der Waals surface area contributed by atoms with Crippen molar-refractivity contribution in [2.24, 2.45) is 0 Å². The summed E-state index contributed by atoms with van der Waals surface area (Å²) in [5, 5.41) is 13.2. The van der Waals surface area contributed by atoms with Crippen LogP contribution in [0.25, 0.3) is 16.9 Å². The molecule has 0 aliphatic heterocycles. The molecule has 0 bridgehead atoms. The van der Waals surface area contributed by atoms with E-state index in [1.54, 1.807) is 56.7 Å². The van der Waals surface area contributed by atoms with Crippen LogP contribution in [0.15, 0.2) is 79.3 Å². The first-order valence-electron chi connectivity index (χ1n) is 13.5. The number of benzene rings is 2. The van der Waals surface area contributed by atoms with Crippen molar-refractivity contribution in [2.45, 2.75) is 27.7 Å².